The molecule has 0 radical (unpaired) electrons. The molecule has 2 nitrogen and oxygen atoms in total. The zero-order chi connectivity index (χ0) is 9.68. The van der Waals surface area contributed by atoms with E-state index in [4.69, 9.17) is 6.42 Å². The van der Waals surface area contributed by atoms with E-state index in [2.05, 4.69) is 23.9 Å². The fourth-order valence-corrected chi connectivity index (χ4v) is 1.51. The molecule has 0 aromatic heterocycles. The minimum absolute atomic E-state index is 0.0888. The maximum Gasteiger partial charge on any atom is 0.205 e. The smallest absolute Gasteiger partial charge is 0.205 e. The third-order valence-electron chi connectivity index (χ3n) is 2.25. The van der Waals surface area contributed by atoms with Crippen LogP contribution in [-0.2, 0) is 4.79 Å². The Kier molecular flexibility index (Phi) is 3.72. The van der Waals surface area contributed by atoms with E-state index in [1.807, 2.05) is 0 Å². The highest BCUT2D eigenvalue weighted by Gasteiger charge is 2.08. The van der Waals surface area contributed by atoms with Gasteiger partial charge in [0.15, 0.2) is 0 Å². The summed E-state index contributed by atoms with van der Waals surface area (Å²) in [6, 6.07) is 0. The number of carbonyl (C=O) groups is 1. The number of terminal acetylenes is 1. The molecule has 2 heteroatoms. The number of hydrogen-bond acceptors (Lipinski definition) is 2. The average Bonchev–Trinajstić information content (AvgIpc) is 2.14. The van der Waals surface area contributed by atoms with Gasteiger partial charge in [0.05, 0.1) is 0 Å². The fraction of sp³-hybridized carbons (Fsp3) is 0.545. The Hall–Kier alpha value is -1.07. The Balaban J connectivity index is 2.33. The molecule has 0 spiro atoms. The molecule has 0 aromatic rings. The van der Waals surface area contributed by atoms with Crippen molar-refractivity contribution in [3.05, 3.63) is 11.6 Å². The van der Waals surface area contributed by atoms with Crippen LogP contribution in [0.3, 0.4) is 0 Å². The van der Waals surface area contributed by atoms with Gasteiger partial charge in [0.25, 0.3) is 0 Å². The van der Waals surface area contributed by atoms with Gasteiger partial charge in [-0.3, -0.25) is 4.79 Å². The van der Waals surface area contributed by atoms with E-state index in [-0.39, 0.29) is 5.78 Å². The van der Waals surface area contributed by atoms with Gasteiger partial charge in [0.1, 0.15) is 0 Å². The van der Waals surface area contributed by atoms with E-state index in [0.29, 0.717) is 6.42 Å². The highest BCUT2D eigenvalue weighted by atomic mass is 16.1. The molecule has 0 amide bonds. The highest BCUT2D eigenvalue weighted by molar-refractivity contribution is 5.94. The number of carbonyl (C=O) groups excluding carboxylic acids is 1. The summed E-state index contributed by atoms with van der Waals surface area (Å²) < 4.78 is 0. The van der Waals surface area contributed by atoms with Crippen molar-refractivity contribution in [2.45, 2.75) is 19.3 Å². The van der Waals surface area contributed by atoms with Gasteiger partial charge in [0.2, 0.25) is 5.78 Å². The lowest BCUT2D eigenvalue weighted by Crippen LogP contribution is -2.25. The van der Waals surface area contributed by atoms with Crippen LogP contribution in [0.15, 0.2) is 11.6 Å². The van der Waals surface area contributed by atoms with Crippen LogP contribution < -0.4 is 0 Å². The van der Waals surface area contributed by atoms with E-state index < -0.39 is 0 Å². The summed E-state index contributed by atoms with van der Waals surface area (Å²) in [5.41, 5.74) is 1.34. The molecule has 1 rings (SSSR count). The van der Waals surface area contributed by atoms with Crippen LogP contribution in [0.4, 0.5) is 0 Å². The molecule has 0 aliphatic carbocycles. The van der Waals surface area contributed by atoms with Crippen molar-refractivity contribution in [3.63, 3.8) is 0 Å². The molecular weight excluding hydrogens is 162 g/mol. The van der Waals surface area contributed by atoms with Gasteiger partial charge in [-0.2, -0.15) is 0 Å². The summed E-state index contributed by atoms with van der Waals surface area (Å²) in [5, 5.41) is 0. The van der Waals surface area contributed by atoms with Crippen LogP contribution in [0, 0.1) is 12.3 Å². The third kappa shape index (κ3) is 3.43. The second-order valence-corrected chi connectivity index (χ2v) is 3.46. The monoisotopic (exact) mass is 177 g/mol. The van der Waals surface area contributed by atoms with Crippen molar-refractivity contribution in [2.75, 3.05) is 20.1 Å². The number of ketones is 1. The van der Waals surface area contributed by atoms with E-state index >= 15 is 0 Å². The summed E-state index contributed by atoms with van der Waals surface area (Å²) >= 11 is 0. The van der Waals surface area contributed by atoms with Gasteiger partial charge >= 0.3 is 0 Å². The number of hydrogen-bond donors (Lipinski definition) is 0. The zero-order valence-corrected chi connectivity index (χ0v) is 8.05. The molecule has 0 aromatic carbocycles. The predicted octanol–water partition coefficient (Wildman–Crippen LogP) is 1.23. The summed E-state index contributed by atoms with van der Waals surface area (Å²) in [5.74, 6) is 2.05. The Bertz CT molecular complexity index is 260. The molecule has 0 bridgehead atoms. The first-order valence-corrected chi connectivity index (χ1v) is 4.58. The number of nitrogens with zero attached hydrogens (tertiary/aromatic N) is 1. The van der Waals surface area contributed by atoms with Crippen LogP contribution in [0.2, 0.25) is 0 Å². The SMILES string of the molecule is C#CC(=O)CCC1=CCCN(C)C1. The first kappa shape index (κ1) is 10.0. The van der Waals surface area contributed by atoms with Gasteiger partial charge in [-0.1, -0.05) is 11.6 Å². The number of likely N-dealkylation sites (N-methyl/N-ethyl adjacent to an activating group) is 1. The van der Waals surface area contributed by atoms with Crippen LogP contribution in [0.25, 0.3) is 0 Å². The normalized spacial score (nSPS) is 17.7. The van der Waals surface area contributed by atoms with E-state index in [0.717, 1.165) is 25.9 Å². The van der Waals surface area contributed by atoms with E-state index in [1.54, 1.807) is 0 Å². The summed E-state index contributed by atoms with van der Waals surface area (Å²) in [4.78, 5) is 13.1. The molecule has 0 atom stereocenters. The maximum atomic E-state index is 10.9. The zero-order valence-electron chi connectivity index (χ0n) is 8.05. The van der Waals surface area contributed by atoms with Gasteiger partial charge in [-0.25, -0.2) is 0 Å². The third-order valence-corrected chi connectivity index (χ3v) is 2.25. The van der Waals surface area contributed by atoms with Gasteiger partial charge in [-0.15, -0.1) is 6.42 Å². The molecule has 0 fully saturated rings. The van der Waals surface area contributed by atoms with Crippen LogP contribution >= 0.6 is 0 Å². The van der Waals surface area contributed by atoms with Crippen molar-refractivity contribution in [2.24, 2.45) is 0 Å². The van der Waals surface area contributed by atoms with Crippen molar-refractivity contribution in [1.82, 2.24) is 4.90 Å². The molecule has 1 heterocycles. The van der Waals surface area contributed by atoms with Crippen LogP contribution in [0.5, 0.6) is 0 Å². The van der Waals surface area contributed by atoms with E-state index in [1.165, 1.54) is 5.57 Å². The maximum absolute atomic E-state index is 10.9. The lowest BCUT2D eigenvalue weighted by Gasteiger charge is -2.22. The predicted molar refractivity (Wildman–Crippen MR) is 53.3 cm³/mol. The fourth-order valence-electron chi connectivity index (χ4n) is 1.51. The van der Waals surface area contributed by atoms with Crippen molar-refractivity contribution in [1.29, 1.82) is 0 Å². The average molecular weight is 177 g/mol. The minimum Gasteiger partial charge on any atom is -0.302 e. The van der Waals surface area contributed by atoms with Crippen molar-refractivity contribution >= 4 is 5.78 Å². The van der Waals surface area contributed by atoms with Gasteiger partial charge in [0, 0.05) is 19.5 Å². The molecule has 0 saturated carbocycles. The van der Waals surface area contributed by atoms with E-state index in [9.17, 15) is 4.79 Å². The quantitative estimate of drug-likeness (QED) is 0.367. The van der Waals surface area contributed by atoms with Gasteiger partial charge < -0.3 is 4.90 Å². The Labute approximate surface area is 79.6 Å². The standard InChI is InChI=1S/C11H15NO/c1-3-11(13)7-6-10-5-4-8-12(2)9-10/h1,5H,4,6-9H2,2H3. The highest BCUT2D eigenvalue weighted by Crippen LogP contribution is 2.12. The first-order valence-electron chi connectivity index (χ1n) is 4.58. The Morgan fingerprint density at radius 3 is 3.15 bits per heavy atom. The number of Topliss-reactive ketones (excluding diaryl/α,β-unsaturated/α-hetero) is 1. The molecule has 0 saturated heterocycles. The molecular formula is C11H15NO. The molecule has 1 aliphatic rings. The summed E-state index contributed by atoms with van der Waals surface area (Å²) in [6.45, 7) is 2.10. The van der Waals surface area contributed by atoms with Gasteiger partial charge in [-0.05, 0) is 25.8 Å². The lowest BCUT2D eigenvalue weighted by atomic mass is 10.0. The Morgan fingerprint density at radius 1 is 1.77 bits per heavy atom. The largest absolute Gasteiger partial charge is 0.302 e. The van der Waals surface area contributed by atoms with Crippen LogP contribution in [0.1, 0.15) is 19.3 Å². The van der Waals surface area contributed by atoms with Crippen LogP contribution in [-0.4, -0.2) is 30.8 Å². The van der Waals surface area contributed by atoms with Crippen molar-refractivity contribution in [3.8, 4) is 12.3 Å². The summed E-state index contributed by atoms with van der Waals surface area (Å²) in [6.07, 6.45) is 9.63. The first-order chi connectivity index (χ1) is 6.22. The molecule has 13 heavy (non-hydrogen) atoms. The molecule has 0 N–H and O–H groups in total. The number of rotatable bonds is 3. The molecule has 0 unspecified atom stereocenters. The molecule has 70 valence electrons. The second kappa shape index (κ2) is 4.84. The topological polar surface area (TPSA) is 20.3 Å². The second-order valence-electron chi connectivity index (χ2n) is 3.46. The summed E-state index contributed by atoms with van der Waals surface area (Å²) in [7, 11) is 2.09. The lowest BCUT2D eigenvalue weighted by molar-refractivity contribution is -0.113. The Morgan fingerprint density at radius 2 is 2.54 bits per heavy atom. The molecule has 1 aliphatic heterocycles. The minimum atomic E-state index is -0.0888. The van der Waals surface area contributed by atoms with Crippen molar-refractivity contribution < 1.29 is 4.79 Å².